The largest absolute Gasteiger partial charge is 0.445 e. The van der Waals surface area contributed by atoms with E-state index in [1.54, 1.807) is 6.20 Å². The molecule has 0 unspecified atom stereocenters. The summed E-state index contributed by atoms with van der Waals surface area (Å²) in [4.78, 5) is 57.9. The van der Waals surface area contributed by atoms with Crippen LogP contribution >= 0.6 is 0 Å². The number of hydrogen-bond donors (Lipinski definition) is 6. The van der Waals surface area contributed by atoms with Crippen LogP contribution in [0, 0.1) is 5.92 Å². The molecule has 228 valence electrons. The van der Waals surface area contributed by atoms with Crippen molar-refractivity contribution in [2.75, 3.05) is 0 Å². The fraction of sp³-hybridized carbons (Fsp3) is 0.333. The Morgan fingerprint density at radius 3 is 2.14 bits per heavy atom. The summed E-state index contributed by atoms with van der Waals surface area (Å²) in [5.41, 5.74) is 9.41. The number of aromatic amines is 1. The van der Waals surface area contributed by atoms with Crippen molar-refractivity contribution in [2.45, 2.75) is 57.8 Å². The van der Waals surface area contributed by atoms with Crippen LogP contribution in [0.1, 0.15) is 37.1 Å². The second-order valence-corrected chi connectivity index (χ2v) is 10.3. The van der Waals surface area contributed by atoms with Gasteiger partial charge in [-0.15, -0.1) is 0 Å². The predicted octanol–water partition coefficient (Wildman–Crippen LogP) is 2.16. The van der Waals surface area contributed by atoms with Gasteiger partial charge in [-0.25, -0.2) is 20.0 Å². The van der Waals surface area contributed by atoms with E-state index in [1.165, 1.54) is 12.5 Å². The Kier molecular flexibility index (Phi) is 12.7. The standard InChI is InChI=1S/C30H38N8O5/c1-20(2)13-24(17-34-38-29(31)41)35-27(39)26(15-23-16-32-19-33-23)36-28(40)25(14-21-9-5-3-6-10-21)37-30(42)43-18-22-11-7-4-8-12-22/h3-12,16-17,19-20,24-26H,13-15,18H2,1-2H3,(H,32,33)(H,35,39)(H,36,40)(H,37,42)(H3,31,38,41)/t24-,25-,26-/m0/s1. The number of H-pyrrole nitrogens is 1. The summed E-state index contributed by atoms with van der Waals surface area (Å²) in [5, 5.41) is 12.1. The summed E-state index contributed by atoms with van der Waals surface area (Å²) >= 11 is 0. The van der Waals surface area contributed by atoms with Gasteiger partial charge in [-0.2, -0.15) is 5.10 Å². The van der Waals surface area contributed by atoms with Crippen LogP contribution in [0.2, 0.25) is 0 Å². The van der Waals surface area contributed by atoms with Gasteiger partial charge in [0.2, 0.25) is 11.8 Å². The molecule has 2 aromatic carbocycles. The first-order chi connectivity index (χ1) is 20.7. The summed E-state index contributed by atoms with van der Waals surface area (Å²) in [6.45, 7) is 3.96. The SMILES string of the molecule is CC(C)C[C@@H](C=NNC(N)=O)NC(=O)[C@H](Cc1cnc[nH]1)NC(=O)[C@H](Cc1ccccc1)NC(=O)OCc1ccccc1. The summed E-state index contributed by atoms with van der Waals surface area (Å²) in [5.74, 6) is -0.902. The van der Waals surface area contributed by atoms with Gasteiger partial charge in [-0.05, 0) is 23.5 Å². The maximum atomic E-state index is 13.6. The molecule has 0 aliphatic rings. The number of ether oxygens (including phenoxy) is 1. The highest BCUT2D eigenvalue weighted by Crippen LogP contribution is 2.09. The van der Waals surface area contributed by atoms with Gasteiger partial charge in [-0.3, -0.25) is 9.59 Å². The molecule has 0 aliphatic heterocycles. The van der Waals surface area contributed by atoms with E-state index in [2.05, 4.69) is 36.4 Å². The number of imidazole rings is 1. The highest BCUT2D eigenvalue weighted by molar-refractivity contribution is 5.92. The van der Waals surface area contributed by atoms with Crippen LogP contribution < -0.4 is 27.1 Å². The number of aromatic nitrogens is 2. The molecule has 0 aliphatic carbocycles. The molecule has 0 spiro atoms. The maximum absolute atomic E-state index is 13.6. The summed E-state index contributed by atoms with van der Waals surface area (Å²) in [6.07, 6.45) is 4.39. The molecule has 1 aromatic heterocycles. The third-order valence-corrected chi connectivity index (χ3v) is 6.20. The van der Waals surface area contributed by atoms with Crippen molar-refractivity contribution < 1.29 is 23.9 Å². The lowest BCUT2D eigenvalue weighted by atomic mass is 10.0. The van der Waals surface area contributed by atoms with Gasteiger partial charge in [-0.1, -0.05) is 74.5 Å². The topological polar surface area (TPSA) is 193 Å². The van der Waals surface area contributed by atoms with Crippen LogP contribution in [0.25, 0.3) is 0 Å². The van der Waals surface area contributed by atoms with Crippen molar-refractivity contribution >= 4 is 30.2 Å². The van der Waals surface area contributed by atoms with Gasteiger partial charge < -0.3 is 31.4 Å². The highest BCUT2D eigenvalue weighted by Gasteiger charge is 2.29. The van der Waals surface area contributed by atoms with Crippen molar-refractivity contribution in [3.8, 4) is 0 Å². The van der Waals surface area contributed by atoms with E-state index in [-0.39, 0.29) is 25.4 Å². The predicted molar refractivity (Wildman–Crippen MR) is 161 cm³/mol. The Morgan fingerprint density at radius 2 is 1.53 bits per heavy atom. The molecule has 3 rings (SSSR count). The third kappa shape index (κ3) is 12.1. The molecule has 3 aromatic rings. The van der Waals surface area contributed by atoms with Gasteiger partial charge in [0, 0.05) is 30.9 Å². The minimum absolute atomic E-state index is 0.0284. The quantitative estimate of drug-likeness (QED) is 0.116. The number of primary amides is 1. The number of benzene rings is 2. The average molecular weight is 591 g/mol. The summed E-state index contributed by atoms with van der Waals surface area (Å²) in [6, 6.07) is 14.9. The van der Waals surface area contributed by atoms with E-state index < -0.39 is 42.1 Å². The smallest absolute Gasteiger partial charge is 0.408 e. The number of nitrogens with zero attached hydrogens (tertiary/aromatic N) is 2. The van der Waals surface area contributed by atoms with Crippen LogP contribution in [-0.2, 0) is 33.8 Å². The molecule has 0 bridgehead atoms. The number of hydrogen-bond acceptors (Lipinski definition) is 7. The number of hydrazone groups is 1. The van der Waals surface area contributed by atoms with Crippen LogP contribution in [0.4, 0.5) is 9.59 Å². The molecule has 13 nitrogen and oxygen atoms in total. The zero-order valence-electron chi connectivity index (χ0n) is 24.2. The van der Waals surface area contributed by atoms with Crippen molar-refractivity contribution in [2.24, 2.45) is 16.8 Å². The zero-order chi connectivity index (χ0) is 31.0. The first-order valence-electron chi connectivity index (χ1n) is 13.9. The summed E-state index contributed by atoms with van der Waals surface area (Å²) < 4.78 is 5.35. The normalized spacial score (nSPS) is 13.1. The molecule has 13 heteroatoms. The number of amides is 5. The Morgan fingerprint density at radius 1 is 0.907 bits per heavy atom. The number of carbonyl (C=O) groups excluding carboxylic acids is 4. The molecule has 0 saturated heterocycles. The monoisotopic (exact) mass is 590 g/mol. The van der Waals surface area contributed by atoms with Gasteiger partial charge in [0.15, 0.2) is 0 Å². The van der Waals surface area contributed by atoms with E-state index in [4.69, 9.17) is 10.5 Å². The lowest BCUT2D eigenvalue weighted by molar-refractivity contribution is -0.130. The molecular weight excluding hydrogens is 552 g/mol. The van der Waals surface area contributed by atoms with Gasteiger partial charge in [0.05, 0.1) is 12.4 Å². The number of urea groups is 1. The molecular formula is C30H38N8O5. The average Bonchev–Trinajstić information content (AvgIpc) is 3.49. The Labute approximate surface area is 250 Å². The molecule has 7 N–H and O–H groups in total. The summed E-state index contributed by atoms with van der Waals surface area (Å²) in [7, 11) is 0. The van der Waals surface area contributed by atoms with Crippen molar-refractivity contribution in [3.05, 3.63) is 90.0 Å². The lowest BCUT2D eigenvalue weighted by Gasteiger charge is -2.25. The highest BCUT2D eigenvalue weighted by atomic mass is 16.5. The number of rotatable bonds is 15. The van der Waals surface area contributed by atoms with Gasteiger partial charge in [0.25, 0.3) is 0 Å². The van der Waals surface area contributed by atoms with E-state index >= 15 is 0 Å². The van der Waals surface area contributed by atoms with Gasteiger partial charge in [0.1, 0.15) is 18.7 Å². The molecule has 1 heterocycles. The lowest BCUT2D eigenvalue weighted by Crippen LogP contribution is -2.56. The van der Waals surface area contributed by atoms with E-state index in [0.717, 1.165) is 11.1 Å². The fourth-order valence-corrected chi connectivity index (χ4v) is 4.20. The molecule has 0 saturated carbocycles. The Hall–Kier alpha value is -5.20. The van der Waals surface area contributed by atoms with Gasteiger partial charge >= 0.3 is 12.1 Å². The Bertz CT molecular complexity index is 1330. The number of carbonyl (C=O) groups is 4. The first-order valence-corrected chi connectivity index (χ1v) is 13.9. The van der Waals surface area contributed by atoms with E-state index in [0.29, 0.717) is 12.1 Å². The number of alkyl carbamates (subject to hydrolysis) is 1. The second kappa shape index (κ2) is 16.9. The third-order valence-electron chi connectivity index (χ3n) is 6.20. The van der Waals surface area contributed by atoms with Crippen LogP contribution in [0.3, 0.4) is 0 Å². The Balaban J connectivity index is 1.77. The van der Waals surface area contributed by atoms with E-state index in [1.807, 2.05) is 74.5 Å². The van der Waals surface area contributed by atoms with Crippen molar-refractivity contribution in [3.63, 3.8) is 0 Å². The van der Waals surface area contributed by atoms with Crippen LogP contribution in [0.15, 0.2) is 78.3 Å². The molecule has 0 radical (unpaired) electrons. The number of nitrogens with one attached hydrogen (secondary N) is 5. The molecule has 43 heavy (non-hydrogen) atoms. The minimum atomic E-state index is -1.05. The fourth-order valence-electron chi connectivity index (χ4n) is 4.20. The molecule has 5 amide bonds. The zero-order valence-corrected chi connectivity index (χ0v) is 24.2. The van der Waals surface area contributed by atoms with Crippen molar-refractivity contribution in [1.82, 2.24) is 31.3 Å². The first kappa shape index (κ1) is 32.3. The minimum Gasteiger partial charge on any atom is -0.445 e. The van der Waals surface area contributed by atoms with Crippen molar-refractivity contribution in [1.29, 1.82) is 0 Å². The maximum Gasteiger partial charge on any atom is 0.408 e. The second-order valence-electron chi connectivity index (χ2n) is 10.3. The number of nitrogens with two attached hydrogens (primary N) is 1. The van der Waals surface area contributed by atoms with E-state index in [9.17, 15) is 19.2 Å². The molecule has 0 fully saturated rings. The van der Waals surface area contributed by atoms with Crippen LogP contribution in [-0.4, -0.2) is 58.2 Å². The van der Waals surface area contributed by atoms with Crippen LogP contribution in [0.5, 0.6) is 0 Å². The molecule has 3 atom stereocenters.